The van der Waals surface area contributed by atoms with Crippen molar-refractivity contribution in [2.45, 2.75) is 44.7 Å². The Morgan fingerprint density at radius 1 is 1.29 bits per heavy atom. The van der Waals surface area contributed by atoms with Crippen molar-refractivity contribution in [1.29, 1.82) is 0 Å². The van der Waals surface area contributed by atoms with Crippen LogP contribution in [0.25, 0.3) is 15.9 Å². The Bertz CT molecular complexity index is 1460. The van der Waals surface area contributed by atoms with Gasteiger partial charge in [0.2, 0.25) is 11.8 Å². The van der Waals surface area contributed by atoms with Crippen LogP contribution in [-0.4, -0.2) is 43.7 Å². The summed E-state index contributed by atoms with van der Waals surface area (Å²) in [5, 5.41) is 13.6. The van der Waals surface area contributed by atoms with E-state index in [9.17, 15) is 9.59 Å². The zero-order valence-corrected chi connectivity index (χ0v) is 20.6. The lowest BCUT2D eigenvalue weighted by Crippen LogP contribution is -2.43. The lowest BCUT2D eigenvalue weighted by Gasteiger charge is -2.28. The molecule has 4 aromatic rings. The van der Waals surface area contributed by atoms with Crippen molar-refractivity contribution >= 4 is 62.2 Å². The van der Waals surface area contributed by atoms with Crippen LogP contribution in [-0.2, 0) is 28.9 Å². The average Bonchev–Trinajstić information content (AvgIpc) is 3.41. The van der Waals surface area contributed by atoms with Crippen LogP contribution < -0.4 is 10.2 Å². The molecule has 0 saturated heterocycles. The van der Waals surface area contributed by atoms with Gasteiger partial charge in [-0.1, -0.05) is 37.7 Å². The van der Waals surface area contributed by atoms with Crippen molar-refractivity contribution in [3.05, 3.63) is 40.5 Å². The Morgan fingerprint density at radius 2 is 2.15 bits per heavy atom. The molecular weight excluding hydrogens is 468 g/mol. The molecule has 1 aromatic carbocycles. The van der Waals surface area contributed by atoms with Gasteiger partial charge in [-0.15, -0.1) is 21.5 Å². The van der Waals surface area contributed by atoms with Crippen molar-refractivity contribution < 1.29 is 9.59 Å². The molecule has 2 amide bonds. The van der Waals surface area contributed by atoms with E-state index in [-0.39, 0.29) is 24.1 Å². The monoisotopic (exact) mass is 492 g/mol. The first-order chi connectivity index (χ1) is 16.5. The maximum absolute atomic E-state index is 13.1. The highest BCUT2D eigenvalue weighted by atomic mass is 32.2. The van der Waals surface area contributed by atoms with Crippen LogP contribution in [0.2, 0.25) is 0 Å². The van der Waals surface area contributed by atoms with Gasteiger partial charge in [-0.3, -0.25) is 14.0 Å². The third-order valence-electron chi connectivity index (χ3n) is 6.55. The highest BCUT2D eigenvalue weighted by molar-refractivity contribution is 7.99. The third-order valence-corrected chi connectivity index (χ3v) is 8.61. The number of aryl methyl sites for hydroxylation is 2. The molecule has 174 valence electrons. The molecule has 0 bridgehead atoms. The van der Waals surface area contributed by atoms with Gasteiger partial charge in [-0.25, -0.2) is 4.98 Å². The minimum Gasteiger partial charge on any atom is -0.323 e. The third kappa shape index (κ3) is 3.47. The lowest BCUT2D eigenvalue weighted by molar-refractivity contribution is -0.120. The van der Waals surface area contributed by atoms with Gasteiger partial charge < -0.3 is 10.2 Å². The number of rotatable bonds is 4. The number of benzene rings is 1. The van der Waals surface area contributed by atoms with E-state index in [1.54, 1.807) is 17.4 Å². The molecule has 6 rings (SSSR count). The van der Waals surface area contributed by atoms with E-state index in [0.29, 0.717) is 16.8 Å². The Labute approximate surface area is 204 Å². The number of fused-ring (bicyclic) bond motifs is 6. The quantitative estimate of drug-likeness (QED) is 0.431. The summed E-state index contributed by atoms with van der Waals surface area (Å²) in [5.41, 5.74) is 3.58. The van der Waals surface area contributed by atoms with Crippen LogP contribution in [0.5, 0.6) is 0 Å². The summed E-state index contributed by atoms with van der Waals surface area (Å²) in [7, 11) is 0. The maximum Gasteiger partial charge on any atom is 0.244 e. The normalized spacial score (nSPS) is 17.6. The number of thioether (sulfide) groups is 1. The fourth-order valence-electron chi connectivity index (χ4n) is 4.87. The number of para-hydroxylation sites is 2. The molecule has 10 heteroatoms. The Kier molecular flexibility index (Phi) is 5.29. The van der Waals surface area contributed by atoms with Gasteiger partial charge >= 0.3 is 0 Å². The summed E-state index contributed by atoms with van der Waals surface area (Å²) >= 11 is 3.13. The van der Waals surface area contributed by atoms with Gasteiger partial charge in [-0.05, 0) is 42.9 Å². The highest BCUT2D eigenvalue weighted by Crippen LogP contribution is 2.40. The molecule has 4 heterocycles. The molecule has 0 radical (unpaired) electrons. The minimum atomic E-state index is -0.193. The number of nitrogens with one attached hydrogen (secondary N) is 1. The van der Waals surface area contributed by atoms with Crippen molar-refractivity contribution in [2.75, 3.05) is 22.5 Å². The number of amides is 2. The van der Waals surface area contributed by atoms with Crippen molar-refractivity contribution in [3.63, 3.8) is 0 Å². The summed E-state index contributed by atoms with van der Waals surface area (Å²) in [6.45, 7) is 4.39. The van der Waals surface area contributed by atoms with Crippen LogP contribution in [0.15, 0.2) is 29.4 Å². The number of hydrogen-bond donors (Lipinski definition) is 1. The fraction of sp³-hybridized carbons (Fsp3) is 0.375. The molecule has 1 N–H and O–H groups in total. The molecule has 0 fully saturated rings. The Balaban J connectivity index is 1.34. The summed E-state index contributed by atoms with van der Waals surface area (Å²) < 4.78 is 2.02. The van der Waals surface area contributed by atoms with Gasteiger partial charge in [0.1, 0.15) is 17.2 Å². The standard InChI is InChI=1S/C24H24N6O2S2/c1-3-18-26-23-21(14-9-8-13(2)10-17(14)34-23)22-27-28-24(30(18)22)33-12-20(32)29-11-19(31)25-15-6-4-5-7-16(15)29/h4-7,13H,3,8-12H2,1-2H3,(H,25,31)/t13-/m0/s1. The van der Waals surface area contributed by atoms with Gasteiger partial charge in [0.15, 0.2) is 10.8 Å². The molecule has 1 aliphatic carbocycles. The largest absolute Gasteiger partial charge is 0.323 e. The second kappa shape index (κ2) is 8.35. The first-order valence-corrected chi connectivity index (χ1v) is 13.3. The maximum atomic E-state index is 13.1. The molecule has 8 nitrogen and oxygen atoms in total. The molecule has 0 unspecified atom stereocenters. The second-order valence-electron chi connectivity index (χ2n) is 8.89. The summed E-state index contributed by atoms with van der Waals surface area (Å²) in [4.78, 5) is 34.2. The smallest absolute Gasteiger partial charge is 0.244 e. The fourth-order valence-corrected chi connectivity index (χ4v) is 7.09. The first kappa shape index (κ1) is 21.5. The molecule has 0 spiro atoms. The van der Waals surface area contributed by atoms with E-state index in [2.05, 4.69) is 29.4 Å². The lowest BCUT2D eigenvalue weighted by atomic mass is 9.89. The highest BCUT2D eigenvalue weighted by Gasteiger charge is 2.28. The second-order valence-corrected chi connectivity index (χ2v) is 10.9. The van der Waals surface area contributed by atoms with Crippen LogP contribution >= 0.6 is 23.1 Å². The van der Waals surface area contributed by atoms with Crippen LogP contribution in [0.3, 0.4) is 0 Å². The number of nitrogens with zero attached hydrogens (tertiary/aromatic N) is 5. The first-order valence-electron chi connectivity index (χ1n) is 11.5. The van der Waals surface area contributed by atoms with E-state index < -0.39 is 0 Å². The van der Waals surface area contributed by atoms with E-state index in [4.69, 9.17) is 4.98 Å². The Hall–Kier alpha value is -2.98. The van der Waals surface area contributed by atoms with Gasteiger partial charge in [0.25, 0.3) is 0 Å². The molecule has 0 saturated carbocycles. The number of thiophene rings is 1. The van der Waals surface area contributed by atoms with Gasteiger partial charge in [0, 0.05) is 11.3 Å². The SMILES string of the molecule is CCc1nc2sc3c(c2c2nnc(SCC(=O)N4CC(=O)Nc5ccccc54)n12)CC[C@H](C)C3. The number of aromatic nitrogens is 4. The molecule has 2 aliphatic rings. The van der Waals surface area contributed by atoms with Crippen LogP contribution in [0.1, 0.15) is 36.5 Å². The van der Waals surface area contributed by atoms with Crippen LogP contribution in [0, 0.1) is 5.92 Å². The zero-order chi connectivity index (χ0) is 23.4. The number of anilines is 2. The van der Waals surface area contributed by atoms with Crippen LogP contribution in [0.4, 0.5) is 11.4 Å². The van der Waals surface area contributed by atoms with Gasteiger partial charge in [0.05, 0.1) is 22.5 Å². The molecular formula is C24H24N6O2S2. The van der Waals surface area contributed by atoms with Crippen molar-refractivity contribution in [1.82, 2.24) is 19.6 Å². The summed E-state index contributed by atoms with van der Waals surface area (Å²) in [6, 6.07) is 7.36. The predicted octanol–water partition coefficient (Wildman–Crippen LogP) is 4.10. The predicted molar refractivity (Wildman–Crippen MR) is 135 cm³/mol. The average molecular weight is 493 g/mol. The minimum absolute atomic E-state index is 0.0127. The molecule has 34 heavy (non-hydrogen) atoms. The van der Waals surface area contributed by atoms with Crippen molar-refractivity contribution in [3.8, 4) is 0 Å². The van der Waals surface area contributed by atoms with E-state index in [1.807, 2.05) is 22.6 Å². The zero-order valence-electron chi connectivity index (χ0n) is 19.0. The number of hydrogen-bond acceptors (Lipinski definition) is 7. The molecule has 1 aliphatic heterocycles. The van der Waals surface area contributed by atoms with E-state index >= 15 is 0 Å². The molecule has 3 aromatic heterocycles. The summed E-state index contributed by atoms with van der Waals surface area (Å²) in [6.07, 6.45) is 4.06. The van der Waals surface area contributed by atoms with Crippen molar-refractivity contribution in [2.24, 2.45) is 5.92 Å². The van der Waals surface area contributed by atoms with Gasteiger partial charge in [-0.2, -0.15) is 0 Å². The summed E-state index contributed by atoms with van der Waals surface area (Å²) in [5.74, 6) is 1.42. The number of carbonyl (C=O) groups is 2. The topological polar surface area (TPSA) is 92.5 Å². The number of carbonyl (C=O) groups excluding carboxylic acids is 2. The Morgan fingerprint density at radius 3 is 3.00 bits per heavy atom. The molecule has 1 atom stereocenters. The van der Waals surface area contributed by atoms with E-state index in [0.717, 1.165) is 46.6 Å². The van der Waals surface area contributed by atoms with E-state index in [1.165, 1.54) is 33.5 Å².